The van der Waals surface area contributed by atoms with Crippen LogP contribution < -0.4 is 15.8 Å². The van der Waals surface area contributed by atoms with E-state index < -0.39 is 16.1 Å². The maximum atomic E-state index is 12.0. The van der Waals surface area contributed by atoms with E-state index >= 15 is 0 Å². The standard InChI is InChI=1S/C14H20N4O3S.ClH/c1-9(7-15)8-16-14(19)10(2)17-13-11-5-3-4-6-12(11)22(20,21)18-13;/h3-6,9-10H,7-8,15H2,1-2H3,(H,16,19)(H,17,18);1H. The number of rotatable bonds is 5. The fraction of sp³-hybridized carbons (Fsp3) is 0.429. The van der Waals surface area contributed by atoms with Gasteiger partial charge in [0.05, 0.1) is 4.90 Å². The number of amidine groups is 1. The molecule has 0 aliphatic carbocycles. The summed E-state index contributed by atoms with van der Waals surface area (Å²) in [7, 11) is -3.58. The lowest BCUT2D eigenvalue weighted by Gasteiger charge is -2.12. The van der Waals surface area contributed by atoms with Gasteiger partial charge >= 0.3 is 0 Å². The summed E-state index contributed by atoms with van der Waals surface area (Å²) < 4.78 is 26.3. The fourth-order valence-electron chi connectivity index (χ4n) is 1.99. The molecule has 2 atom stereocenters. The van der Waals surface area contributed by atoms with Crippen LogP contribution in [-0.2, 0) is 14.8 Å². The molecular formula is C14H21ClN4O3S. The quantitative estimate of drug-likeness (QED) is 0.698. The third-order valence-corrected chi connectivity index (χ3v) is 4.79. The second-order valence-electron chi connectivity index (χ2n) is 5.34. The van der Waals surface area contributed by atoms with Crippen LogP contribution in [0.25, 0.3) is 0 Å². The van der Waals surface area contributed by atoms with Crippen LogP contribution in [0.2, 0.25) is 0 Å². The summed E-state index contributed by atoms with van der Waals surface area (Å²) in [5.41, 5.74) is 5.98. The van der Waals surface area contributed by atoms with Crippen LogP contribution in [-0.4, -0.2) is 39.3 Å². The molecule has 2 rings (SSSR count). The number of carbonyl (C=O) groups excluding carboxylic acids is 1. The number of nitrogens with two attached hydrogens (primary N) is 1. The first-order valence-corrected chi connectivity index (χ1v) is 8.51. The third-order valence-electron chi connectivity index (χ3n) is 3.39. The number of nitrogens with zero attached hydrogens (tertiary/aromatic N) is 1. The molecule has 0 aromatic heterocycles. The molecule has 1 aromatic rings. The average Bonchev–Trinajstić information content (AvgIpc) is 2.75. The monoisotopic (exact) mass is 360 g/mol. The maximum absolute atomic E-state index is 12.0. The van der Waals surface area contributed by atoms with Crippen molar-refractivity contribution in [2.45, 2.75) is 24.8 Å². The summed E-state index contributed by atoms with van der Waals surface area (Å²) >= 11 is 0. The Balaban J connectivity index is 0.00000264. The molecule has 1 amide bonds. The molecule has 128 valence electrons. The Kier molecular flexibility index (Phi) is 6.55. The van der Waals surface area contributed by atoms with E-state index in [2.05, 4.69) is 15.0 Å². The minimum Gasteiger partial charge on any atom is -0.354 e. The number of benzene rings is 1. The molecule has 0 spiro atoms. The zero-order chi connectivity index (χ0) is 16.3. The molecule has 0 fully saturated rings. The predicted octanol–water partition coefficient (Wildman–Crippen LogP) is 0.246. The van der Waals surface area contributed by atoms with E-state index in [1.165, 1.54) is 6.07 Å². The minimum atomic E-state index is -3.58. The second-order valence-corrected chi connectivity index (χ2v) is 6.99. The van der Waals surface area contributed by atoms with Gasteiger partial charge in [0.2, 0.25) is 5.91 Å². The van der Waals surface area contributed by atoms with Crippen LogP contribution in [0.1, 0.15) is 19.4 Å². The normalized spacial score (nSPS) is 19.2. The van der Waals surface area contributed by atoms with Crippen molar-refractivity contribution in [2.75, 3.05) is 13.1 Å². The zero-order valence-electron chi connectivity index (χ0n) is 12.9. The first-order valence-electron chi connectivity index (χ1n) is 7.03. The molecule has 0 radical (unpaired) electrons. The Morgan fingerprint density at radius 2 is 2.00 bits per heavy atom. The average molecular weight is 361 g/mol. The van der Waals surface area contributed by atoms with Crippen molar-refractivity contribution in [3.63, 3.8) is 0 Å². The number of amides is 1. The molecule has 0 saturated heterocycles. The SMILES string of the molecule is CC(CN)CNC(=O)C(C)N=C1NS(=O)(=O)c2ccccc21.Cl. The summed E-state index contributed by atoms with van der Waals surface area (Å²) in [5, 5.41) is 2.75. The predicted molar refractivity (Wildman–Crippen MR) is 91.2 cm³/mol. The number of hydrogen-bond donors (Lipinski definition) is 3. The largest absolute Gasteiger partial charge is 0.354 e. The Morgan fingerprint density at radius 1 is 1.35 bits per heavy atom. The molecule has 1 heterocycles. The summed E-state index contributed by atoms with van der Waals surface area (Å²) in [6.45, 7) is 4.49. The lowest BCUT2D eigenvalue weighted by molar-refractivity contribution is -0.122. The highest BCUT2D eigenvalue weighted by atomic mass is 35.5. The lowest BCUT2D eigenvalue weighted by Crippen LogP contribution is -2.37. The first-order chi connectivity index (χ1) is 10.3. The number of fused-ring (bicyclic) bond motifs is 1. The van der Waals surface area contributed by atoms with E-state index in [4.69, 9.17) is 5.73 Å². The summed E-state index contributed by atoms with van der Waals surface area (Å²) in [5.74, 6) is 0.107. The van der Waals surface area contributed by atoms with E-state index in [0.717, 1.165) is 0 Å². The number of nitrogens with one attached hydrogen (secondary N) is 2. The van der Waals surface area contributed by atoms with Crippen LogP contribution in [0.5, 0.6) is 0 Å². The van der Waals surface area contributed by atoms with E-state index in [0.29, 0.717) is 18.7 Å². The zero-order valence-corrected chi connectivity index (χ0v) is 14.6. The Bertz CT molecular complexity index is 706. The number of halogens is 1. The van der Waals surface area contributed by atoms with Gasteiger partial charge in [0.15, 0.2) is 0 Å². The lowest BCUT2D eigenvalue weighted by atomic mass is 10.2. The van der Waals surface area contributed by atoms with E-state index in [9.17, 15) is 13.2 Å². The van der Waals surface area contributed by atoms with Gasteiger partial charge in [-0.2, -0.15) is 0 Å². The Hall–Kier alpha value is -1.64. The van der Waals surface area contributed by atoms with Crippen molar-refractivity contribution < 1.29 is 13.2 Å². The van der Waals surface area contributed by atoms with Crippen LogP contribution in [0.15, 0.2) is 34.2 Å². The molecular weight excluding hydrogens is 340 g/mol. The molecule has 2 unspecified atom stereocenters. The number of hydrogen-bond acceptors (Lipinski definition) is 5. The van der Waals surface area contributed by atoms with E-state index in [1.807, 2.05) is 6.92 Å². The van der Waals surface area contributed by atoms with Crippen LogP contribution in [0.4, 0.5) is 0 Å². The summed E-state index contributed by atoms with van der Waals surface area (Å²) in [4.78, 5) is 16.4. The molecule has 0 saturated carbocycles. The van der Waals surface area contributed by atoms with Crippen LogP contribution in [0, 0.1) is 5.92 Å². The summed E-state index contributed by atoms with van der Waals surface area (Å²) in [6.07, 6.45) is 0. The van der Waals surface area contributed by atoms with Crippen molar-refractivity contribution in [1.29, 1.82) is 0 Å². The van der Waals surface area contributed by atoms with Gasteiger partial charge in [-0.05, 0) is 31.5 Å². The van der Waals surface area contributed by atoms with Gasteiger partial charge in [0, 0.05) is 12.1 Å². The van der Waals surface area contributed by atoms with Crippen molar-refractivity contribution in [3.05, 3.63) is 29.8 Å². The molecule has 1 aliphatic rings. The maximum Gasteiger partial charge on any atom is 0.263 e. The minimum absolute atomic E-state index is 0. The number of carbonyl (C=O) groups is 1. The van der Waals surface area contributed by atoms with Gasteiger partial charge in [-0.3, -0.25) is 14.5 Å². The van der Waals surface area contributed by atoms with E-state index in [1.54, 1.807) is 25.1 Å². The number of aliphatic imine (C=N–C) groups is 1. The molecule has 1 aromatic carbocycles. The van der Waals surface area contributed by atoms with Crippen LogP contribution in [0.3, 0.4) is 0 Å². The smallest absolute Gasteiger partial charge is 0.263 e. The van der Waals surface area contributed by atoms with Gasteiger partial charge in [0.25, 0.3) is 10.0 Å². The van der Waals surface area contributed by atoms with Gasteiger partial charge in [-0.1, -0.05) is 19.1 Å². The van der Waals surface area contributed by atoms with Gasteiger partial charge in [0.1, 0.15) is 11.9 Å². The molecule has 23 heavy (non-hydrogen) atoms. The fourth-order valence-corrected chi connectivity index (χ4v) is 3.23. The highest BCUT2D eigenvalue weighted by Crippen LogP contribution is 2.22. The highest BCUT2D eigenvalue weighted by Gasteiger charge is 2.31. The highest BCUT2D eigenvalue weighted by molar-refractivity contribution is 7.90. The Labute approximate surface area is 142 Å². The van der Waals surface area contributed by atoms with Crippen molar-refractivity contribution in [2.24, 2.45) is 16.6 Å². The Morgan fingerprint density at radius 3 is 2.65 bits per heavy atom. The van der Waals surface area contributed by atoms with Gasteiger partial charge in [-0.25, -0.2) is 8.42 Å². The van der Waals surface area contributed by atoms with Gasteiger partial charge in [-0.15, -0.1) is 12.4 Å². The van der Waals surface area contributed by atoms with Crippen molar-refractivity contribution in [3.8, 4) is 0 Å². The summed E-state index contributed by atoms with van der Waals surface area (Å²) in [6, 6.07) is 5.84. The topological polar surface area (TPSA) is 114 Å². The molecule has 0 bridgehead atoms. The number of sulfonamides is 1. The third kappa shape index (κ3) is 4.43. The van der Waals surface area contributed by atoms with Crippen molar-refractivity contribution >= 4 is 34.2 Å². The molecule has 9 heteroatoms. The first kappa shape index (κ1) is 19.4. The van der Waals surface area contributed by atoms with Gasteiger partial charge < -0.3 is 11.1 Å². The molecule has 1 aliphatic heterocycles. The van der Waals surface area contributed by atoms with E-state index in [-0.39, 0.29) is 35.0 Å². The van der Waals surface area contributed by atoms with Crippen molar-refractivity contribution in [1.82, 2.24) is 10.0 Å². The van der Waals surface area contributed by atoms with Crippen LogP contribution >= 0.6 is 12.4 Å². The molecule has 7 nitrogen and oxygen atoms in total. The second kappa shape index (κ2) is 7.76. The molecule has 4 N–H and O–H groups in total.